The number of urea groups is 1. The average Bonchev–Trinajstić information content (AvgIpc) is 2.58. The summed E-state index contributed by atoms with van der Waals surface area (Å²) in [7, 11) is 0. The lowest BCUT2D eigenvalue weighted by Gasteiger charge is -2.23. The number of nitrogens with zero attached hydrogens (tertiary/aromatic N) is 1. The Morgan fingerprint density at radius 2 is 1.78 bits per heavy atom. The van der Waals surface area contributed by atoms with Crippen molar-refractivity contribution in [1.29, 1.82) is 0 Å². The average molecular weight is 424 g/mol. The molecule has 0 heterocycles. The molecule has 0 aromatic heterocycles. The quantitative estimate of drug-likeness (QED) is 0.406. The van der Waals surface area contributed by atoms with Gasteiger partial charge in [0.05, 0.1) is 5.69 Å². The largest absolute Gasteiger partial charge is 0.481 e. The van der Waals surface area contributed by atoms with Crippen LogP contribution in [0.2, 0.25) is 0 Å². The Kier molecular flexibility index (Phi) is 9.66. The van der Waals surface area contributed by atoms with Gasteiger partial charge >= 0.3 is 18.0 Å². The number of halogens is 3. The van der Waals surface area contributed by atoms with Crippen LogP contribution in [0.15, 0.2) is 18.2 Å². The van der Waals surface area contributed by atoms with Gasteiger partial charge in [0.1, 0.15) is 11.9 Å². The first-order valence-electron chi connectivity index (χ1n) is 7.97. The van der Waals surface area contributed by atoms with Gasteiger partial charge in [0.2, 0.25) is 0 Å². The monoisotopic (exact) mass is 423 g/mol. The fraction of sp³-hybridized carbons (Fsp3) is 0.438. The molecule has 0 saturated heterocycles. The second kappa shape index (κ2) is 11.5. The van der Waals surface area contributed by atoms with Crippen molar-refractivity contribution in [3.63, 3.8) is 0 Å². The highest BCUT2D eigenvalue weighted by molar-refractivity contribution is 6.18. The molecule has 0 aliphatic rings. The standard InChI is InChI=1S/C16H20Cl2FN3O5/c17-5-7-22(8-6-18)13-3-1-10(9-11(13)19)20-16(27)21-12(15(25)26)2-4-14(23)24/h1,3,9,12H,2,4-8H2,(H,23,24)(H,25,26)(H2,20,21,27)/t12-/m0/s1. The summed E-state index contributed by atoms with van der Waals surface area (Å²) in [6, 6.07) is 1.70. The van der Waals surface area contributed by atoms with E-state index >= 15 is 0 Å². The highest BCUT2D eigenvalue weighted by Gasteiger charge is 2.21. The third kappa shape index (κ3) is 7.88. The van der Waals surface area contributed by atoms with Crippen molar-refractivity contribution in [2.75, 3.05) is 35.1 Å². The molecule has 8 nitrogen and oxygen atoms in total. The van der Waals surface area contributed by atoms with E-state index < -0.39 is 36.2 Å². The van der Waals surface area contributed by atoms with E-state index in [-0.39, 0.29) is 29.6 Å². The molecule has 0 unspecified atom stereocenters. The number of nitrogens with one attached hydrogen (secondary N) is 2. The van der Waals surface area contributed by atoms with Crippen LogP contribution in [0.25, 0.3) is 0 Å². The molecule has 0 fully saturated rings. The zero-order valence-electron chi connectivity index (χ0n) is 14.3. The smallest absolute Gasteiger partial charge is 0.326 e. The van der Waals surface area contributed by atoms with Crippen molar-refractivity contribution in [2.45, 2.75) is 18.9 Å². The van der Waals surface area contributed by atoms with Gasteiger partial charge in [-0.05, 0) is 24.6 Å². The van der Waals surface area contributed by atoms with Crippen molar-refractivity contribution in [3.8, 4) is 0 Å². The van der Waals surface area contributed by atoms with Crippen LogP contribution in [-0.2, 0) is 9.59 Å². The first kappa shape index (κ1) is 22.8. The van der Waals surface area contributed by atoms with Crippen molar-refractivity contribution >= 4 is 52.5 Å². The maximum atomic E-state index is 14.3. The van der Waals surface area contributed by atoms with Gasteiger partial charge in [0.15, 0.2) is 0 Å². The van der Waals surface area contributed by atoms with E-state index in [4.69, 9.17) is 33.4 Å². The molecular weight excluding hydrogens is 404 g/mol. The molecular formula is C16H20Cl2FN3O5. The summed E-state index contributed by atoms with van der Waals surface area (Å²) in [5.41, 5.74) is 0.375. The second-order valence-electron chi connectivity index (χ2n) is 5.45. The van der Waals surface area contributed by atoms with Crippen LogP contribution in [-0.4, -0.2) is 59.1 Å². The highest BCUT2D eigenvalue weighted by atomic mass is 35.5. The van der Waals surface area contributed by atoms with E-state index in [2.05, 4.69) is 10.6 Å². The number of anilines is 2. The Morgan fingerprint density at radius 3 is 2.26 bits per heavy atom. The van der Waals surface area contributed by atoms with Gasteiger partial charge in [-0.25, -0.2) is 14.0 Å². The van der Waals surface area contributed by atoms with Crippen molar-refractivity contribution in [3.05, 3.63) is 24.0 Å². The number of aliphatic carboxylic acids is 2. The van der Waals surface area contributed by atoms with Crippen LogP contribution in [0.3, 0.4) is 0 Å². The van der Waals surface area contributed by atoms with E-state index in [1.165, 1.54) is 12.1 Å². The summed E-state index contributed by atoms with van der Waals surface area (Å²) in [5.74, 6) is -2.59. The lowest BCUT2D eigenvalue weighted by Crippen LogP contribution is -2.43. The molecule has 1 aromatic carbocycles. The summed E-state index contributed by atoms with van der Waals surface area (Å²) >= 11 is 11.4. The van der Waals surface area contributed by atoms with E-state index in [9.17, 15) is 18.8 Å². The fourth-order valence-electron chi connectivity index (χ4n) is 2.25. The number of rotatable bonds is 11. The highest BCUT2D eigenvalue weighted by Crippen LogP contribution is 2.23. The number of hydrogen-bond acceptors (Lipinski definition) is 4. The Labute approximate surface area is 165 Å². The summed E-state index contributed by atoms with van der Waals surface area (Å²) in [5, 5.41) is 22.1. The molecule has 4 N–H and O–H groups in total. The number of benzene rings is 1. The third-order valence-corrected chi connectivity index (χ3v) is 3.84. The molecule has 0 bridgehead atoms. The van der Waals surface area contributed by atoms with Crippen molar-refractivity contribution in [2.24, 2.45) is 0 Å². The van der Waals surface area contributed by atoms with E-state index in [0.717, 1.165) is 6.07 Å². The molecule has 27 heavy (non-hydrogen) atoms. The number of carbonyl (C=O) groups is 3. The summed E-state index contributed by atoms with van der Waals surface area (Å²) in [6.45, 7) is 0.782. The minimum atomic E-state index is -1.38. The Balaban J connectivity index is 2.77. The molecule has 0 aliphatic heterocycles. The van der Waals surface area contributed by atoms with Crippen molar-refractivity contribution < 1.29 is 29.0 Å². The predicted octanol–water partition coefficient (Wildman–Crippen LogP) is 2.55. The molecule has 0 radical (unpaired) electrons. The van der Waals surface area contributed by atoms with Gasteiger partial charge in [0, 0.05) is 37.0 Å². The SMILES string of the molecule is O=C(O)CC[C@H](NC(=O)Nc1ccc(N(CCCl)CCCl)c(F)c1)C(=O)O. The van der Waals surface area contributed by atoms with Gasteiger partial charge < -0.3 is 25.7 Å². The molecule has 2 amide bonds. The lowest BCUT2D eigenvalue weighted by molar-refractivity contribution is -0.140. The van der Waals surface area contributed by atoms with Gasteiger partial charge in [-0.15, -0.1) is 23.2 Å². The summed E-state index contributed by atoms with van der Waals surface area (Å²) in [6.07, 6.45) is -0.700. The minimum Gasteiger partial charge on any atom is -0.481 e. The Morgan fingerprint density at radius 1 is 1.15 bits per heavy atom. The summed E-state index contributed by atoms with van der Waals surface area (Å²) < 4.78 is 14.3. The van der Waals surface area contributed by atoms with Crippen LogP contribution in [0.4, 0.5) is 20.6 Å². The van der Waals surface area contributed by atoms with Crippen LogP contribution in [0.1, 0.15) is 12.8 Å². The maximum absolute atomic E-state index is 14.3. The molecule has 1 aromatic rings. The van der Waals surface area contributed by atoms with Gasteiger partial charge in [-0.2, -0.15) is 0 Å². The zero-order valence-corrected chi connectivity index (χ0v) is 15.8. The predicted molar refractivity (Wildman–Crippen MR) is 101 cm³/mol. The number of hydrogen-bond donors (Lipinski definition) is 4. The number of carboxylic acid groups (broad SMARTS) is 2. The van der Waals surface area contributed by atoms with E-state index in [0.29, 0.717) is 13.1 Å². The normalized spacial score (nSPS) is 11.5. The fourth-order valence-corrected chi connectivity index (χ4v) is 2.66. The first-order chi connectivity index (χ1) is 12.8. The Bertz CT molecular complexity index is 671. The van der Waals surface area contributed by atoms with Crippen LogP contribution in [0, 0.1) is 5.82 Å². The maximum Gasteiger partial charge on any atom is 0.326 e. The van der Waals surface area contributed by atoms with Crippen LogP contribution >= 0.6 is 23.2 Å². The number of alkyl halides is 2. The first-order valence-corrected chi connectivity index (χ1v) is 9.04. The molecule has 1 rings (SSSR count). The summed E-state index contributed by atoms with van der Waals surface area (Å²) in [4.78, 5) is 35.2. The third-order valence-electron chi connectivity index (χ3n) is 3.51. The van der Waals surface area contributed by atoms with E-state index in [1.54, 1.807) is 4.90 Å². The van der Waals surface area contributed by atoms with Crippen molar-refractivity contribution in [1.82, 2.24) is 5.32 Å². The number of carbonyl (C=O) groups excluding carboxylic acids is 1. The molecule has 0 spiro atoms. The van der Waals surface area contributed by atoms with Gasteiger partial charge in [-0.1, -0.05) is 0 Å². The molecule has 1 atom stereocenters. The topological polar surface area (TPSA) is 119 Å². The van der Waals surface area contributed by atoms with Crippen LogP contribution < -0.4 is 15.5 Å². The number of amides is 2. The van der Waals surface area contributed by atoms with E-state index in [1.807, 2.05) is 0 Å². The van der Waals surface area contributed by atoms with Gasteiger partial charge in [-0.3, -0.25) is 4.79 Å². The zero-order chi connectivity index (χ0) is 20.4. The Hall–Kier alpha value is -2.26. The second-order valence-corrected chi connectivity index (χ2v) is 6.21. The molecule has 0 aliphatic carbocycles. The number of carboxylic acids is 2. The minimum absolute atomic E-state index is 0.104. The molecule has 0 saturated carbocycles. The van der Waals surface area contributed by atoms with Crippen LogP contribution in [0.5, 0.6) is 0 Å². The lowest BCUT2D eigenvalue weighted by atomic mass is 10.1. The molecule has 150 valence electrons. The molecule has 11 heteroatoms. The van der Waals surface area contributed by atoms with Gasteiger partial charge in [0.25, 0.3) is 0 Å².